The van der Waals surface area contributed by atoms with E-state index in [1.807, 2.05) is 31.2 Å². The average Bonchev–Trinajstić information content (AvgIpc) is 2.81. The van der Waals surface area contributed by atoms with Gasteiger partial charge in [-0.25, -0.2) is 0 Å². The molecule has 1 heterocycles. The maximum Gasteiger partial charge on any atom is 0.216 e. The fourth-order valence-corrected chi connectivity index (χ4v) is 3.36. The molecule has 116 valence electrons. The molecule has 0 fully saturated rings. The Morgan fingerprint density at radius 3 is 2.57 bits per heavy atom. The fraction of sp³-hybridized carbons (Fsp3) is 0.0588. The molecule has 0 saturated heterocycles. The van der Waals surface area contributed by atoms with E-state index >= 15 is 0 Å². The molecule has 0 saturated carbocycles. The summed E-state index contributed by atoms with van der Waals surface area (Å²) < 4.78 is 2.07. The number of aromatic nitrogens is 1. The Labute approximate surface area is 142 Å². The molecule has 0 aliphatic heterocycles. The summed E-state index contributed by atoms with van der Waals surface area (Å²) in [6, 6.07) is 14.3. The number of aliphatic imine (C=N–C) groups is 1. The summed E-state index contributed by atoms with van der Waals surface area (Å²) in [5.74, 6) is 0.207. The number of rotatable bonds is 3. The highest BCUT2D eigenvalue weighted by Crippen LogP contribution is 2.29. The number of nitrogens with zero attached hydrogens (tertiary/aromatic N) is 2. The van der Waals surface area contributed by atoms with Crippen molar-refractivity contribution < 1.29 is 10.2 Å². The lowest BCUT2D eigenvalue weighted by Gasteiger charge is -2.04. The van der Waals surface area contributed by atoms with Crippen LogP contribution in [0, 0.1) is 10.9 Å². The number of hydrogen-bond donors (Lipinski definition) is 2. The molecule has 0 atom stereocenters. The van der Waals surface area contributed by atoms with Crippen LogP contribution in [-0.4, -0.2) is 21.0 Å². The number of aryl methyl sites for hydroxylation is 1. The van der Waals surface area contributed by atoms with E-state index in [-0.39, 0.29) is 11.6 Å². The first-order valence-corrected chi connectivity index (χ1v) is 8.12. The van der Waals surface area contributed by atoms with Gasteiger partial charge in [-0.15, -0.1) is 0 Å². The largest absolute Gasteiger partial charge is 0.508 e. The van der Waals surface area contributed by atoms with Gasteiger partial charge in [0, 0.05) is 0 Å². The number of hydrogen-bond acceptors (Lipinski definition) is 5. The van der Waals surface area contributed by atoms with E-state index in [4.69, 9.17) is 12.2 Å². The Bertz CT molecular complexity index is 925. The second kappa shape index (κ2) is 6.36. The molecule has 0 unspecified atom stereocenters. The lowest BCUT2D eigenvalue weighted by Crippen LogP contribution is -1.92. The summed E-state index contributed by atoms with van der Waals surface area (Å²) in [5.41, 5.74) is 2.63. The van der Waals surface area contributed by atoms with Crippen LogP contribution in [0.25, 0.3) is 5.69 Å². The first-order chi connectivity index (χ1) is 11.0. The summed E-state index contributed by atoms with van der Waals surface area (Å²) in [6.07, 6.45) is 1.61. The highest BCUT2D eigenvalue weighted by Gasteiger charge is 2.12. The van der Waals surface area contributed by atoms with Gasteiger partial charge in [-0.05, 0) is 61.1 Å². The van der Waals surface area contributed by atoms with Gasteiger partial charge in [-0.3, -0.25) is 9.56 Å². The molecule has 0 radical (unpaired) electrons. The van der Waals surface area contributed by atoms with Gasteiger partial charge in [-0.2, -0.15) is 0 Å². The van der Waals surface area contributed by atoms with Gasteiger partial charge in [0.15, 0.2) is 3.95 Å². The zero-order valence-corrected chi connectivity index (χ0v) is 13.9. The summed E-state index contributed by atoms with van der Waals surface area (Å²) in [7, 11) is 0. The van der Waals surface area contributed by atoms with Gasteiger partial charge in [0.05, 0.1) is 17.6 Å². The molecule has 1 aromatic heterocycles. The number of aromatic hydroxyl groups is 2. The van der Waals surface area contributed by atoms with Crippen molar-refractivity contribution in [3.63, 3.8) is 0 Å². The van der Waals surface area contributed by atoms with E-state index < -0.39 is 0 Å². The molecular weight excluding hydrogens is 328 g/mol. The second-order valence-electron chi connectivity index (χ2n) is 5.00. The van der Waals surface area contributed by atoms with Crippen molar-refractivity contribution in [2.24, 2.45) is 4.99 Å². The van der Waals surface area contributed by atoms with Crippen molar-refractivity contribution in [1.29, 1.82) is 0 Å². The fourth-order valence-electron chi connectivity index (χ4n) is 2.14. The molecule has 0 spiro atoms. The number of thiazole rings is 1. The predicted octanol–water partition coefficient (Wildman–Crippen LogP) is 4.74. The summed E-state index contributed by atoms with van der Waals surface area (Å²) in [5, 5.41) is 19.8. The van der Waals surface area contributed by atoms with Crippen molar-refractivity contribution in [3.8, 4) is 17.3 Å². The van der Waals surface area contributed by atoms with Crippen LogP contribution in [0.2, 0.25) is 0 Å². The smallest absolute Gasteiger partial charge is 0.216 e. The molecule has 3 aromatic rings. The van der Waals surface area contributed by atoms with Gasteiger partial charge in [0.1, 0.15) is 10.6 Å². The minimum Gasteiger partial charge on any atom is -0.508 e. The standard InChI is InChI=1S/C17H14N2O2S2/c1-11-3-2-4-12(9-11)18-10-15-16(21)19(17(22)23-15)13-5-7-14(20)8-6-13/h2-10,20-21H,1H3. The van der Waals surface area contributed by atoms with E-state index in [0.29, 0.717) is 14.5 Å². The number of phenols is 1. The molecule has 0 aliphatic rings. The summed E-state index contributed by atoms with van der Waals surface area (Å²) in [4.78, 5) is 4.97. The van der Waals surface area contributed by atoms with Gasteiger partial charge in [-0.1, -0.05) is 23.5 Å². The molecule has 2 N–H and O–H groups in total. The third-order valence-electron chi connectivity index (χ3n) is 3.25. The van der Waals surface area contributed by atoms with Gasteiger partial charge >= 0.3 is 0 Å². The Balaban J connectivity index is 1.98. The quantitative estimate of drug-likeness (QED) is 0.534. The van der Waals surface area contributed by atoms with Crippen LogP contribution in [0.4, 0.5) is 5.69 Å². The molecule has 0 bridgehead atoms. The monoisotopic (exact) mass is 342 g/mol. The molecule has 0 aliphatic carbocycles. The third-order valence-corrected chi connectivity index (χ3v) is 4.55. The molecule has 3 rings (SSSR count). The minimum atomic E-state index is 0.0436. The van der Waals surface area contributed by atoms with Crippen LogP contribution in [0.3, 0.4) is 0 Å². The Kier molecular flexibility index (Phi) is 4.27. The van der Waals surface area contributed by atoms with Gasteiger partial charge < -0.3 is 10.2 Å². The predicted molar refractivity (Wildman–Crippen MR) is 96.2 cm³/mol. The highest BCUT2D eigenvalue weighted by molar-refractivity contribution is 7.73. The SMILES string of the molecule is Cc1cccc(N=Cc2sc(=S)n(-c3ccc(O)cc3)c2O)c1. The summed E-state index contributed by atoms with van der Waals surface area (Å²) >= 11 is 6.60. The molecular formula is C17H14N2O2S2. The van der Waals surface area contributed by atoms with Crippen LogP contribution in [0.1, 0.15) is 10.4 Å². The average molecular weight is 342 g/mol. The molecule has 2 aromatic carbocycles. The lowest BCUT2D eigenvalue weighted by atomic mass is 10.2. The van der Waals surface area contributed by atoms with Crippen molar-refractivity contribution in [2.75, 3.05) is 0 Å². The van der Waals surface area contributed by atoms with E-state index in [0.717, 1.165) is 11.3 Å². The van der Waals surface area contributed by atoms with Crippen LogP contribution in [0.15, 0.2) is 53.5 Å². The van der Waals surface area contributed by atoms with E-state index in [1.165, 1.54) is 11.3 Å². The van der Waals surface area contributed by atoms with Crippen LogP contribution in [-0.2, 0) is 0 Å². The van der Waals surface area contributed by atoms with Crippen LogP contribution in [0.5, 0.6) is 11.6 Å². The van der Waals surface area contributed by atoms with Crippen LogP contribution >= 0.6 is 23.6 Å². The molecule has 23 heavy (non-hydrogen) atoms. The minimum absolute atomic E-state index is 0.0436. The molecule has 0 amide bonds. The van der Waals surface area contributed by atoms with Crippen LogP contribution < -0.4 is 0 Å². The van der Waals surface area contributed by atoms with E-state index in [9.17, 15) is 10.2 Å². The van der Waals surface area contributed by atoms with Crippen molar-refractivity contribution >= 4 is 35.5 Å². The zero-order valence-electron chi connectivity index (χ0n) is 12.3. The van der Waals surface area contributed by atoms with Crippen molar-refractivity contribution in [2.45, 2.75) is 6.92 Å². The number of benzene rings is 2. The maximum absolute atomic E-state index is 10.4. The highest BCUT2D eigenvalue weighted by atomic mass is 32.1. The van der Waals surface area contributed by atoms with Gasteiger partial charge in [0.25, 0.3) is 0 Å². The first kappa shape index (κ1) is 15.5. The van der Waals surface area contributed by atoms with E-state index in [2.05, 4.69) is 4.99 Å². The number of phenolic OH excluding ortho intramolecular Hbond substituents is 1. The lowest BCUT2D eigenvalue weighted by molar-refractivity contribution is 0.441. The molecule has 6 heteroatoms. The normalized spacial score (nSPS) is 11.2. The Morgan fingerprint density at radius 1 is 1.13 bits per heavy atom. The third kappa shape index (κ3) is 3.33. The summed E-state index contributed by atoms with van der Waals surface area (Å²) in [6.45, 7) is 2.00. The van der Waals surface area contributed by atoms with E-state index in [1.54, 1.807) is 35.0 Å². The zero-order chi connectivity index (χ0) is 16.4. The Hall–Kier alpha value is -2.44. The molecule has 4 nitrogen and oxygen atoms in total. The van der Waals surface area contributed by atoms with Gasteiger partial charge in [0.2, 0.25) is 5.88 Å². The van der Waals surface area contributed by atoms with Crippen molar-refractivity contribution in [3.05, 3.63) is 62.9 Å². The van der Waals surface area contributed by atoms with Crippen molar-refractivity contribution in [1.82, 2.24) is 4.57 Å². The second-order valence-corrected chi connectivity index (χ2v) is 6.68. The maximum atomic E-state index is 10.4. The topological polar surface area (TPSA) is 57.8 Å². The first-order valence-electron chi connectivity index (χ1n) is 6.89. The Morgan fingerprint density at radius 2 is 1.87 bits per heavy atom.